The first-order valence-corrected chi connectivity index (χ1v) is 9.61. The third-order valence-electron chi connectivity index (χ3n) is 3.97. The van der Waals surface area contributed by atoms with E-state index in [9.17, 15) is 17.7 Å². The highest BCUT2D eigenvalue weighted by Gasteiger charge is 2.35. The van der Waals surface area contributed by atoms with Crippen molar-refractivity contribution in [1.82, 2.24) is 4.72 Å². The van der Waals surface area contributed by atoms with E-state index in [1.807, 2.05) is 6.92 Å². The van der Waals surface area contributed by atoms with Crippen LogP contribution in [0.1, 0.15) is 56.7 Å². The standard InChI is InChI=1S/C17H24F3NO2S/c1-3-4-9-24(22)21-12(2)14-7-8-15(17(18,19)20)16(10-14)23-11-13-5-6-13/h7-8,10,12-13,21H,3-6,9,11H2,1-2H3/t12-,24-/m0/s1. The van der Waals surface area contributed by atoms with Gasteiger partial charge in [0.05, 0.1) is 18.2 Å². The highest BCUT2D eigenvalue weighted by molar-refractivity contribution is 7.89. The van der Waals surface area contributed by atoms with Crippen LogP contribution in [0, 0.1) is 5.92 Å². The molecule has 0 unspecified atom stereocenters. The van der Waals surface area contributed by atoms with Crippen LogP contribution in [0.2, 0.25) is 0 Å². The molecule has 3 nitrogen and oxygen atoms in total. The van der Waals surface area contributed by atoms with Crippen molar-refractivity contribution in [3.63, 3.8) is 0 Å². The molecule has 7 heteroatoms. The molecule has 2 rings (SSSR count). The molecule has 2 atom stereocenters. The van der Waals surface area contributed by atoms with Gasteiger partial charge >= 0.3 is 6.18 Å². The summed E-state index contributed by atoms with van der Waals surface area (Å²) in [5, 5.41) is 0. The molecule has 0 radical (unpaired) electrons. The molecule has 0 heterocycles. The van der Waals surface area contributed by atoms with E-state index < -0.39 is 23.1 Å². The zero-order chi connectivity index (χ0) is 17.7. The minimum atomic E-state index is -4.45. The van der Waals surface area contributed by atoms with Gasteiger partial charge in [0.1, 0.15) is 11.5 Å². The second kappa shape index (κ2) is 8.45. The van der Waals surface area contributed by atoms with Crippen LogP contribution < -0.4 is 9.46 Å². The summed E-state index contributed by atoms with van der Waals surface area (Å²) >= 11 is -1.19. The Kier molecular flexibility index (Phi) is 6.83. The van der Waals surface area contributed by atoms with E-state index in [0.717, 1.165) is 31.7 Å². The Morgan fingerprint density at radius 2 is 2.08 bits per heavy atom. The van der Waals surface area contributed by atoms with Crippen LogP contribution in [0.25, 0.3) is 0 Å². The van der Waals surface area contributed by atoms with Crippen LogP contribution in [-0.2, 0) is 17.5 Å². The first-order chi connectivity index (χ1) is 11.3. The van der Waals surface area contributed by atoms with E-state index in [1.54, 1.807) is 6.92 Å². The molecular weight excluding hydrogens is 339 g/mol. The van der Waals surface area contributed by atoms with Crippen molar-refractivity contribution in [1.29, 1.82) is 0 Å². The number of halogens is 3. The summed E-state index contributed by atoms with van der Waals surface area (Å²) < 4.78 is 59.6. The van der Waals surface area contributed by atoms with E-state index in [2.05, 4.69) is 4.72 Å². The molecule has 1 fully saturated rings. The lowest BCUT2D eigenvalue weighted by Gasteiger charge is -2.20. The number of ether oxygens (including phenoxy) is 1. The normalized spacial score (nSPS) is 17.6. The summed E-state index contributed by atoms with van der Waals surface area (Å²) in [6.07, 6.45) is -0.640. The molecule has 0 spiro atoms. The van der Waals surface area contributed by atoms with Gasteiger partial charge in [0.2, 0.25) is 0 Å². The van der Waals surface area contributed by atoms with Gasteiger partial charge in [-0.2, -0.15) is 13.2 Å². The molecular formula is C17H24F3NO2S. The lowest BCUT2D eigenvalue weighted by molar-refractivity contribution is -0.139. The first-order valence-electron chi connectivity index (χ1n) is 8.29. The average Bonchev–Trinajstić information content (AvgIpc) is 3.34. The molecule has 1 N–H and O–H groups in total. The van der Waals surface area contributed by atoms with Gasteiger partial charge in [-0.25, -0.2) is 0 Å². The number of benzene rings is 1. The average molecular weight is 363 g/mol. The van der Waals surface area contributed by atoms with Crippen molar-refractivity contribution < 1.29 is 22.5 Å². The fourth-order valence-electron chi connectivity index (χ4n) is 2.25. The van der Waals surface area contributed by atoms with Gasteiger partial charge in [-0.15, -0.1) is 4.72 Å². The molecule has 136 valence electrons. The maximum atomic E-state index is 13.1. The van der Waals surface area contributed by atoms with Crippen molar-refractivity contribution in [2.24, 2.45) is 5.92 Å². The molecule has 0 amide bonds. The van der Waals surface area contributed by atoms with Gasteiger partial charge in [-0.1, -0.05) is 19.4 Å². The summed E-state index contributed by atoms with van der Waals surface area (Å²) in [5.74, 6) is 0.763. The van der Waals surface area contributed by atoms with Gasteiger partial charge in [0, 0.05) is 11.4 Å². The fraction of sp³-hybridized carbons (Fsp3) is 0.647. The minimum Gasteiger partial charge on any atom is -0.598 e. The molecule has 1 aliphatic rings. The Hall–Kier alpha value is -0.920. The fourth-order valence-corrected chi connectivity index (χ4v) is 3.45. The van der Waals surface area contributed by atoms with E-state index in [1.165, 1.54) is 12.1 Å². The van der Waals surface area contributed by atoms with Crippen LogP contribution in [0.5, 0.6) is 5.75 Å². The largest absolute Gasteiger partial charge is 0.598 e. The van der Waals surface area contributed by atoms with Gasteiger partial charge in [0.25, 0.3) is 0 Å². The van der Waals surface area contributed by atoms with E-state index in [4.69, 9.17) is 4.74 Å². The predicted molar refractivity (Wildman–Crippen MR) is 89.1 cm³/mol. The zero-order valence-corrected chi connectivity index (χ0v) is 14.8. The van der Waals surface area contributed by atoms with Crippen LogP contribution in [0.3, 0.4) is 0 Å². The minimum absolute atomic E-state index is 0.139. The van der Waals surface area contributed by atoms with Crippen molar-refractivity contribution >= 4 is 11.4 Å². The Balaban J connectivity index is 2.10. The van der Waals surface area contributed by atoms with Gasteiger partial charge in [0.15, 0.2) is 0 Å². The summed E-state index contributed by atoms with van der Waals surface area (Å²) in [4.78, 5) is 0. The molecule has 0 aromatic heterocycles. The van der Waals surface area contributed by atoms with Crippen LogP contribution in [0.4, 0.5) is 13.2 Å². The lowest BCUT2D eigenvalue weighted by Crippen LogP contribution is -2.29. The summed E-state index contributed by atoms with van der Waals surface area (Å²) in [6, 6.07) is 3.57. The SMILES string of the molecule is CCCC[S@+]([O-])N[C@@H](C)c1ccc(C(F)(F)F)c(OCC2CC2)c1. The van der Waals surface area contributed by atoms with E-state index in [0.29, 0.717) is 23.8 Å². The maximum absolute atomic E-state index is 13.1. The smallest absolute Gasteiger partial charge is 0.419 e. The quantitative estimate of drug-likeness (QED) is 0.652. The third kappa shape index (κ3) is 5.86. The number of unbranched alkanes of at least 4 members (excludes halogenated alkanes) is 1. The van der Waals surface area contributed by atoms with Crippen molar-refractivity contribution in [2.75, 3.05) is 12.4 Å². The molecule has 1 aromatic rings. The first kappa shape index (κ1) is 19.4. The number of hydrogen-bond acceptors (Lipinski definition) is 3. The monoisotopic (exact) mass is 363 g/mol. The van der Waals surface area contributed by atoms with Crippen molar-refractivity contribution in [2.45, 2.75) is 51.7 Å². The molecule has 0 saturated heterocycles. The highest BCUT2D eigenvalue weighted by Crippen LogP contribution is 2.39. The molecule has 0 aliphatic heterocycles. The number of nitrogens with one attached hydrogen (secondary N) is 1. The lowest BCUT2D eigenvalue weighted by atomic mass is 10.1. The van der Waals surface area contributed by atoms with Gasteiger partial charge < -0.3 is 9.29 Å². The topological polar surface area (TPSA) is 44.3 Å². The third-order valence-corrected chi connectivity index (χ3v) is 5.25. The highest BCUT2D eigenvalue weighted by atomic mass is 32.2. The molecule has 1 aromatic carbocycles. The second-order valence-corrected chi connectivity index (χ2v) is 7.59. The number of hydrogen-bond donors (Lipinski definition) is 1. The van der Waals surface area contributed by atoms with Crippen molar-refractivity contribution in [3.05, 3.63) is 29.3 Å². The number of alkyl halides is 3. The Morgan fingerprint density at radius 1 is 1.38 bits per heavy atom. The van der Waals surface area contributed by atoms with Crippen LogP contribution >= 0.6 is 0 Å². The Bertz CT molecular complexity index is 535. The van der Waals surface area contributed by atoms with Gasteiger partial charge in [-0.05, 0) is 49.8 Å². The Labute approximate surface area is 144 Å². The van der Waals surface area contributed by atoms with E-state index in [-0.39, 0.29) is 11.8 Å². The molecule has 1 saturated carbocycles. The van der Waals surface area contributed by atoms with Crippen LogP contribution in [0.15, 0.2) is 18.2 Å². The molecule has 24 heavy (non-hydrogen) atoms. The second-order valence-electron chi connectivity index (χ2n) is 6.25. The zero-order valence-electron chi connectivity index (χ0n) is 14.0. The summed E-state index contributed by atoms with van der Waals surface area (Å²) in [5.41, 5.74) is -0.121. The number of rotatable bonds is 9. The maximum Gasteiger partial charge on any atom is 0.419 e. The van der Waals surface area contributed by atoms with E-state index >= 15 is 0 Å². The Morgan fingerprint density at radius 3 is 2.67 bits per heavy atom. The van der Waals surface area contributed by atoms with Gasteiger partial charge in [-0.3, -0.25) is 0 Å². The summed E-state index contributed by atoms with van der Waals surface area (Å²) in [6.45, 7) is 4.12. The van der Waals surface area contributed by atoms with Crippen LogP contribution in [-0.4, -0.2) is 16.9 Å². The molecule has 1 aliphatic carbocycles. The predicted octanol–water partition coefficient (Wildman–Crippen LogP) is 4.61. The van der Waals surface area contributed by atoms with Crippen molar-refractivity contribution in [3.8, 4) is 5.75 Å². The molecule has 0 bridgehead atoms. The summed E-state index contributed by atoms with van der Waals surface area (Å²) in [7, 11) is 0.